The Morgan fingerprint density at radius 3 is 2.53 bits per heavy atom. The molecule has 2 aromatic rings. The van der Waals surface area contributed by atoms with Gasteiger partial charge in [0.25, 0.3) is 5.91 Å². The lowest BCUT2D eigenvalue weighted by molar-refractivity contribution is 0.102. The number of anilines is 1. The van der Waals surface area contributed by atoms with E-state index in [1.54, 1.807) is 18.2 Å². The molecule has 0 aromatic heterocycles. The lowest BCUT2D eigenvalue weighted by Crippen LogP contribution is -2.12. The van der Waals surface area contributed by atoms with Gasteiger partial charge in [0.2, 0.25) is 0 Å². The van der Waals surface area contributed by atoms with Gasteiger partial charge in [-0.2, -0.15) is 0 Å². The smallest absolute Gasteiger partial charge is 0.255 e. The molecule has 0 aliphatic rings. The molecule has 0 spiro atoms. The highest BCUT2D eigenvalue weighted by atomic mass is 35.5. The van der Waals surface area contributed by atoms with Gasteiger partial charge in [-0.3, -0.25) is 4.79 Å². The number of halogens is 1. The first-order chi connectivity index (χ1) is 9.10. The molecule has 0 aliphatic carbocycles. The van der Waals surface area contributed by atoms with E-state index < -0.39 is 0 Å². The fourth-order valence-electron chi connectivity index (χ4n) is 1.72. The van der Waals surface area contributed by atoms with Gasteiger partial charge in [0.05, 0.1) is 10.7 Å². The van der Waals surface area contributed by atoms with E-state index >= 15 is 0 Å². The van der Waals surface area contributed by atoms with Gasteiger partial charge >= 0.3 is 0 Å². The van der Waals surface area contributed by atoms with E-state index in [-0.39, 0.29) is 5.91 Å². The highest BCUT2D eigenvalue weighted by Gasteiger charge is 2.08. The maximum atomic E-state index is 12.1. The Morgan fingerprint density at radius 1 is 1.21 bits per heavy atom. The first kappa shape index (κ1) is 13.6. The van der Waals surface area contributed by atoms with Gasteiger partial charge in [0, 0.05) is 12.1 Å². The van der Waals surface area contributed by atoms with E-state index in [0.29, 0.717) is 22.8 Å². The number of nitrogens with one attached hydrogen (secondary N) is 1. The lowest BCUT2D eigenvalue weighted by Gasteiger charge is -2.08. The third-order valence-corrected chi connectivity index (χ3v) is 3.15. The lowest BCUT2D eigenvalue weighted by atomic mass is 10.1. The molecule has 0 bridgehead atoms. The average molecular weight is 275 g/mol. The number of rotatable bonds is 3. The second-order valence-corrected chi connectivity index (χ2v) is 4.75. The Bertz CT molecular complexity index is 594. The van der Waals surface area contributed by atoms with E-state index in [2.05, 4.69) is 5.32 Å². The van der Waals surface area contributed by atoms with Crippen LogP contribution < -0.4 is 11.1 Å². The number of hydrogen-bond donors (Lipinski definition) is 2. The summed E-state index contributed by atoms with van der Waals surface area (Å²) in [4.78, 5) is 12.1. The van der Waals surface area contributed by atoms with Gasteiger partial charge in [-0.15, -0.1) is 0 Å². The Kier molecular flexibility index (Phi) is 4.20. The summed E-state index contributed by atoms with van der Waals surface area (Å²) in [6, 6.07) is 12.7. The highest BCUT2D eigenvalue weighted by molar-refractivity contribution is 6.33. The van der Waals surface area contributed by atoms with E-state index in [4.69, 9.17) is 17.3 Å². The fourth-order valence-corrected chi connectivity index (χ4v) is 1.89. The van der Waals surface area contributed by atoms with Crippen molar-refractivity contribution in [2.45, 2.75) is 13.5 Å². The molecule has 3 N–H and O–H groups in total. The molecule has 0 radical (unpaired) electrons. The van der Waals surface area contributed by atoms with Crippen molar-refractivity contribution < 1.29 is 4.79 Å². The van der Waals surface area contributed by atoms with Gasteiger partial charge < -0.3 is 11.1 Å². The predicted octanol–water partition coefficient (Wildman–Crippen LogP) is 3.36. The molecule has 0 heterocycles. The van der Waals surface area contributed by atoms with E-state index in [0.717, 1.165) is 11.1 Å². The van der Waals surface area contributed by atoms with Gasteiger partial charge in [0.15, 0.2) is 0 Å². The molecule has 0 aliphatic heterocycles. The minimum absolute atomic E-state index is 0.184. The van der Waals surface area contributed by atoms with Crippen molar-refractivity contribution in [3.63, 3.8) is 0 Å². The quantitative estimate of drug-likeness (QED) is 0.902. The Morgan fingerprint density at radius 2 is 1.89 bits per heavy atom. The first-order valence-corrected chi connectivity index (χ1v) is 6.34. The van der Waals surface area contributed by atoms with E-state index in [9.17, 15) is 4.79 Å². The molecule has 3 nitrogen and oxygen atoms in total. The molecule has 0 atom stereocenters. The number of amides is 1. The zero-order chi connectivity index (χ0) is 13.8. The summed E-state index contributed by atoms with van der Waals surface area (Å²) in [6.45, 7) is 2.41. The molecule has 19 heavy (non-hydrogen) atoms. The molecule has 0 saturated carbocycles. The van der Waals surface area contributed by atoms with Gasteiger partial charge in [-0.05, 0) is 42.3 Å². The third-order valence-electron chi connectivity index (χ3n) is 2.82. The maximum Gasteiger partial charge on any atom is 0.255 e. The molecular weight excluding hydrogens is 260 g/mol. The number of aryl methyl sites for hydroxylation is 1. The van der Waals surface area contributed by atoms with Crippen LogP contribution >= 0.6 is 11.6 Å². The topological polar surface area (TPSA) is 55.1 Å². The van der Waals surface area contributed by atoms with Crippen LogP contribution in [0.25, 0.3) is 0 Å². The van der Waals surface area contributed by atoms with Crippen LogP contribution in [-0.4, -0.2) is 5.91 Å². The molecule has 0 unspecified atom stereocenters. The van der Waals surface area contributed by atoms with Crippen LogP contribution in [0.3, 0.4) is 0 Å². The molecule has 0 saturated heterocycles. The van der Waals surface area contributed by atoms with Crippen molar-refractivity contribution in [3.05, 3.63) is 64.2 Å². The highest BCUT2D eigenvalue weighted by Crippen LogP contribution is 2.23. The first-order valence-electron chi connectivity index (χ1n) is 5.96. The minimum atomic E-state index is -0.184. The summed E-state index contributed by atoms with van der Waals surface area (Å²) in [7, 11) is 0. The molecule has 2 rings (SSSR count). The standard InChI is InChI=1S/C15H15ClN2O/c1-10-2-7-13(16)14(8-10)18-15(19)12-5-3-11(9-17)4-6-12/h2-8H,9,17H2,1H3,(H,18,19). The van der Waals surface area contributed by atoms with Crippen molar-refractivity contribution >= 4 is 23.2 Å². The second kappa shape index (κ2) is 5.87. The van der Waals surface area contributed by atoms with Crippen LogP contribution in [-0.2, 0) is 6.54 Å². The normalized spacial score (nSPS) is 10.3. The van der Waals surface area contributed by atoms with Crippen LogP contribution in [0.4, 0.5) is 5.69 Å². The third kappa shape index (κ3) is 3.34. The SMILES string of the molecule is Cc1ccc(Cl)c(NC(=O)c2ccc(CN)cc2)c1. The predicted molar refractivity (Wildman–Crippen MR) is 78.5 cm³/mol. The molecule has 98 valence electrons. The summed E-state index contributed by atoms with van der Waals surface area (Å²) in [5, 5.41) is 3.33. The van der Waals surface area contributed by atoms with Gasteiger partial charge in [-0.25, -0.2) is 0 Å². The van der Waals surface area contributed by atoms with Crippen LogP contribution in [0.2, 0.25) is 5.02 Å². The second-order valence-electron chi connectivity index (χ2n) is 4.34. The fraction of sp³-hybridized carbons (Fsp3) is 0.133. The molecular formula is C15H15ClN2O. The van der Waals surface area contributed by atoms with E-state index in [1.165, 1.54) is 0 Å². The zero-order valence-corrected chi connectivity index (χ0v) is 11.4. The molecule has 1 amide bonds. The number of nitrogens with two attached hydrogens (primary N) is 1. The van der Waals surface area contributed by atoms with Crippen LogP contribution in [0, 0.1) is 6.92 Å². The summed E-state index contributed by atoms with van der Waals surface area (Å²) in [5.41, 5.74) is 8.75. The van der Waals surface area contributed by atoms with Crippen LogP contribution in [0.5, 0.6) is 0 Å². The number of carbonyl (C=O) groups excluding carboxylic acids is 1. The summed E-state index contributed by atoms with van der Waals surface area (Å²) >= 11 is 6.04. The van der Waals surface area contributed by atoms with Gasteiger partial charge in [0.1, 0.15) is 0 Å². The molecule has 4 heteroatoms. The summed E-state index contributed by atoms with van der Waals surface area (Å²) in [6.07, 6.45) is 0. The summed E-state index contributed by atoms with van der Waals surface area (Å²) < 4.78 is 0. The Labute approximate surface area is 117 Å². The summed E-state index contributed by atoms with van der Waals surface area (Å²) in [5.74, 6) is -0.184. The number of carbonyl (C=O) groups is 1. The minimum Gasteiger partial charge on any atom is -0.326 e. The average Bonchev–Trinajstić information content (AvgIpc) is 2.43. The zero-order valence-electron chi connectivity index (χ0n) is 10.6. The van der Waals surface area contributed by atoms with Crippen LogP contribution in [0.1, 0.15) is 21.5 Å². The van der Waals surface area contributed by atoms with E-state index in [1.807, 2.05) is 31.2 Å². The van der Waals surface area contributed by atoms with Crippen molar-refractivity contribution in [2.75, 3.05) is 5.32 Å². The molecule has 0 fully saturated rings. The van der Waals surface area contributed by atoms with Crippen molar-refractivity contribution in [3.8, 4) is 0 Å². The monoisotopic (exact) mass is 274 g/mol. The Hall–Kier alpha value is -1.84. The largest absolute Gasteiger partial charge is 0.326 e. The number of hydrogen-bond acceptors (Lipinski definition) is 2. The molecule has 2 aromatic carbocycles. The van der Waals surface area contributed by atoms with Crippen molar-refractivity contribution in [2.24, 2.45) is 5.73 Å². The van der Waals surface area contributed by atoms with Crippen molar-refractivity contribution in [1.82, 2.24) is 0 Å². The maximum absolute atomic E-state index is 12.1. The Balaban J connectivity index is 2.18. The van der Waals surface area contributed by atoms with Crippen LogP contribution in [0.15, 0.2) is 42.5 Å². The van der Waals surface area contributed by atoms with Crippen molar-refractivity contribution in [1.29, 1.82) is 0 Å². The van der Waals surface area contributed by atoms with Gasteiger partial charge in [-0.1, -0.05) is 29.8 Å². The number of benzene rings is 2.